The van der Waals surface area contributed by atoms with E-state index in [2.05, 4.69) is 254 Å². The van der Waals surface area contributed by atoms with E-state index in [9.17, 15) is 0 Å². The van der Waals surface area contributed by atoms with Gasteiger partial charge in [0.05, 0.1) is 16.7 Å². The van der Waals surface area contributed by atoms with Gasteiger partial charge in [-0.3, -0.25) is 0 Å². The first-order valence-electron chi connectivity index (χ1n) is 22.8. The summed E-state index contributed by atoms with van der Waals surface area (Å²) in [6, 6.07) is 83.8. The van der Waals surface area contributed by atoms with Crippen LogP contribution < -0.4 is 4.90 Å². The molecule has 0 saturated carbocycles. The molecule has 0 radical (unpaired) electrons. The molecular weight excluding hydrogens is 801 g/mol. The van der Waals surface area contributed by atoms with Crippen molar-refractivity contribution >= 4 is 60.8 Å². The Bertz CT molecular complexity index is 3820. The van der Waals surface area contributed by atoms with Gasteiger partial charge in [0.15, 0.2) is 0 Å². The summed E-state index contributed by atoms with van der Waals surface area (Å²) in [7, 11) is 0. The highest BCUT2D eigenvalue weighted by molar-refractivity contribution is 6.28. The van der Waals surface area contributed by atoms with Crippen molar-refractivity contribution in [2.75, 3.05) is 4.90 Å². The molecule has 0 amide bonds. The lowest BCUT2D eigenvalue weighted by Gasteiger charge is -2.28. The van der Waals surface area contributed by atoms with Crippen molar-refractivity contribution in [2.24, 2.45) is 0 Å². The van der Waals surface area contributed by atoms with Crippen LogP contribution in [0.2, 0.25) is 0 Å². The van der Waals surface area contributed by atoms with E-state index >= 15 is 0 Å². The molecule has 0 N–H and O–H groups in total. The van der Waals surface area contributed by atoms with E-state index in [1.807, 2.05) is 0 Å². The van der Waals surface area contributed by atoms with Crippen LogP contribution in [0.25, 0.3) is 93.9 Å². The summed E-state index contributed by atoms with van der Waals surface area (Å²) in [5, 5.41) is 4.61. The molecule has 12 aromatic rings. The molecule has 10 aromatic carbocycles. The molecule has 3 heteroatoms. The van der Waals surface area contributed by atoms with Crippen molar-refractivity contribution < 1.29 is 4.42 Å². The molecule has 0 fully saturated rings. The van der Waals surface area contributed by atoms with Crippen molar-refractivity contribution in [3.05, 3.63) is 242 Å². The van der Waals surface area contributed by atoms with E-state index in [4.69, 9.17) is 4.42 Å². The molecule has 3 nitrogen and oxygen atoms in total. The first-order chi connectivity index (χ1) is 32.5. The minimum atomic E-state index is -0.163. The molecule has 0 saturated heterocycles. The van der Waals surface area contributed by atoms with Gasteiger partial charge in [-0.25, -0.2) is 0 Å². The Morgan fingerprint density at radius 3 is 1.80 bits per heavy atom. The van der Waals surface area contributed by atoms with Gasteiger partial charge in [0.1, 0.15) is 11.2 Å². The molecule has 2 aromatic heterocycles. The smallest absolute Gasteiger partial charge is 0.138 e. The summed E-state index contributed by atoms with van der Waals surface area (Å²) in [5.41, 5.74) is 20.5. The van der Waals surface area contributed by atoms with Crippen LogP contribution in [0, 0.1) is 0 Å². The molecule has 312 valence electrons. The third-order valence-corrected chi connectivity index (χ3v) is 14.0. The lowest BCUT2D eigenvalue weighted by atomic mass is 9.81. The number of aromatic nitrogens is 1. The molecule has 13 rings (SSSR count). The zero-order chi connectivity index (χ0) is 43.9. The van der Waals surface area contributed by atoms with Crippen LogP contribution in [0.3, 0.4) is 0 Å². The van der Waals surface area contributed by atoms with Gasteiger partial charge in [0, 0.05) is 55.7 Å². The lowest BCUT2D eigenvalue weighted by Crippen LogP contribution is -2.14. The largest absolute Gasteiger partial charge is 0.456 e. The molecule has 0 atom stereocenters. The average Bonchev–Trinajstić information content (AvgIpc) is 3.99. The summed E-state index contributed by atoms with van der Waals surface area (Å²) in [6.45, 7) is 4.73. The highest BCUT2D eigenvalue weighted by Gasteiger charge is 2.36. The molecule has 2 heterocycles. The lowest BCUT2D eigenvalue weighted by molar-refractivity contribution is 0.660. The maximum Gasteiger partial charge on any atom is 0.138 e. The number of furan rings is 1. The van der Waals surface area contributed by atoms with Crippen molar-refractivity contribution in [3.8, 4) is 50.2 Å². The summed E-state index contributed by atoms with van der Waals surface area (Å²) in [5.74, 6) is 0. The van der Waals surface area contributed by atoms with E-state index in [0.717, 1.165) is 61.3 Å². The Hall–Kier alpha value is -8.40. The van der Waals surface area contributed by atoms with Gasteiger partial charge in [0.25, 0.3) is 0 Å². The number of anilines is 3. The highest BCUT2D eigenvalue weighted by Crippen LogP contribution is 2.53. The molecule has 0 spiro atoms. The van der Waals surface area contributed by atoms with Gasteiger partial charge in [-0.05, 0) is 105 Å². The molecule has 66 heavy (non-hydrogen) atoms. The van der Waals surface area contributed by atoms with Crippen LogP contribution in [0.1, 0.15) is 25.0 Å². The number of hydrogen-bond donors (Lipinski definition) is 0. The van der Waals surface area contributed by atoms with Gasteiger partial charge < -0.3 is 13.9 Å². The summed E-state index contributed by atoms with van der Waals surface area (Å²) >= 11 is 0. The molecular formula is C63H44N2O. The first kappa shape index (κ1) is 38.1. The fraction of sp³-hybridized carbons (Fsp3) is 0.0476. The minimum absolute atomic E-state index is 0.163. The van der Waals surface area contributed by atoms with Crippen molar-refractivity contribution in [1.29, 1.82) is 0 Å². The summed E-state index contributed by atoms with van der Waals surface area (Å²) < 4.78 is 9.36. The second-order valence-electron chi connectivity index (χ2n) is 18.1. The number of hydrogen-bond acceptors (Lipinski definition) is 2. The molecule has 0 aliphatic heterocycles. The van der Waals surface area contributed by atoms with E-state index in [1.165, 1.54) is 60.8 Å². The SMILES string of the molecule is CC1(C)c2ccccc2-c2ccc(-c3c4c(cc5c3c3cccc(N(c6ccc(-c7ccccc7)cc6)c6cccc(-c7ccccc7)c6)c3n5-c3ccccc3)oc3ccccc34)cc21. The van der Waals surface area contributed by atoms with Gasteiger partial charge in [0.2, 0.25) is 0 Å². The Labute approximate surface area is 384 Å². The van der Waals surface area contributed by atoms with Crippen molar-refractivity contribution in [3.63, 3.8) is 0 Å². The fourth-order valence-electron chi connectivity index (χ4n) is 10.9. The summed E-state index contributed by atoms with van der Waals surface area (Å²) in [4.78, 5) is 2.44. The van der Waals surface area contributed by atoms with Gasteiger partial charge in [-0.15, -0.1) is 0 Å². The predicted octanol–water partition coefficient (Wildman–Crippen LogP) is 17.5. The predicted molar refractivity (Wildman–Crippen MR) is 277 cm³/mol. The van der Waals surface area contributed by atoms with E-state index in [0.29, 0.717) is 0 Å². The average molecular weight is 845 g/mol. The van der Waals surface area contributed by atoms with E-state index < -0.39 is 0 Å². The third-order valence-electron chi connectivity index (χ3n) is 14.0. The number of rotatable bonds is 7. The monoisotopic (exact) mass is 844 g/mol. The highest BCUT2D eigenvalue weighted by atomic mass is 16.3. The zero-order valence-electron chi connectivity index (χ0n) is 36.7. The van der Waals surface area contributed by atoms with Gasteiger partial charge in [-0.1, -0.05) is 184 Å². The minimum Gasteiger partial charge on any atom is -0.456 e. The number of fused-ring (bicyclic) bond motifs is 9. The van der Waals surface area contributed by atoms with Gasteiger partial charge >= 0.3 is 0 Å². The third kappa shape index (κ3) is 5.83. The number of para-hydroxylation sites is 3. The van der Waals surface area contributed by atoms with E-state index in [-0.39, 0.29) is 5.41 Å². The number of nitrogens with zero attached hydrogens (tertiary/aromatic N) is 2. The first-order valence-corrected chi connectivity index (χ1v) is 22.8. The van der Waals surface area contributed by atoms with Crippen LogP contribution in [0.5, 0.6) is 0 Å². The van der Waals surface area contributed by atoms with Crippen molar-refractivity contribution in [2.45, 2.75) is 19.3 Å². The standard InChI is InChI=1S/C63H44N2O/c1-63(2)53-29-14-12-26-49(53)50-37-34-45(39-54(50)63)59-60-52-28-17-30-55(62(52)65(46-23-10-5-11-24-46)56(60)40-58-61(59)51-27-13-15-31-57(51)66-58)64(47-35-32-43(33-36-47)41-18-6-3-7-19-41)48-25-16-22-44(38-48)42-20-8-4-9-21-42/h3-40H,1-2H3. The van der Waals surface area contributed by atoms with Crippen LogP contribution >= 0.6 is 0 Å². The molecule has 1 aliphatic rings. The molecule has 0 bridgehead atoms. The Morgan fingerprint density at radius 2 is 1.02 bits per heavy atom. The van der Waals surface area contributed by atoms with E-state index in [1.54, 1.807) is 0 Å². The van der Waals surface area contributed by atoms with Gasteiger partial charge in [-0.2, -0.15) is 0 Å². The molecule has 1 aliphatic carbocycles. The maximum absolute atomic E-state index is 6.89. The fourth-order valence-corrected chi connectivity index (χ4v) is 10.9. The Morgan fingerprint density at radius 1 is 0.409 bits per heavy atom. The second kappa shape index (κ2) is 14.8. The Balaban J connectivity index is 1.14. The molecule has 0 unspecified atom stereocenters. The quantitative estimate of drug-likeness (QED) is 0.159. The second-order valence-corrected chi connectivity index (χ2v) is 18.1. The normalized spacial score (nSPS) is 12.8. The van der Waals surface area contributed by atoms with Crippen molar-refractivity contribution in [1.82, 2.24) is 4.57 Å². The maximum atomic E-state index is 6.89. The number of benzene rings is 10. The van der Waals surface area contributed by atoms with Crippen LogP contribution in [0.15, 0.2) is 235 Å². The zero-order valence-corrected chi connectivity index (χ0v) is 36.7. The van der Waals surface area contributed by atoms with Crippen LogP contribution in [0.4, 0.5) is 17.1 Å². The topological polar surface area (TPSA) is 21.3 Å². The van der Waals surface area contributed by atoms with Crippen LogP contribution in [-0.4, -0.2) is 4.57 Å². The summed E-state index contributed by atoms with van der Waals surface area (Å²) in [6.07, 6.45) is 0. The van der Waals surface area contributed by atoms with Crippen LogP contribution in [-0.2, 0) is 5.41 Å². The Kier molecular flexibility index (Phi) is 8.56.